The molecule has 3 aromatic carbocycles. The van der Waals surface area contributed by atoms with Crippen molar-refractivity contribution in [3.8, 4) is 23.0 Å². The van der Waals surface area contributed by atoms with Gasteiger partial charge in [-0.05, 0) is 67.1 Å². The summed E-state index contributed by atoms with van der Waals surface area (Å²) in [6, 6.07) is 18.3. The van der Waals surface area contributed by atoms with Crippen LogP contribution in [0, 0.1) is 0 Å². The molecule has 0 spiro atoms. The minimum atomic E-state index is -1.90. The largest absolute Gasteiger partial charge is 0.479 e. The molecule has 0 aromatic heterocycles. The Balaban J connectivity index is 1.78. The first-order valence-corrected chi connectivity index (χ1v) is 9.40. The van der Waals surface area contributed by atoms with Gasteiger partial charge in [-0.3, -0.25) is 4.79 Å². The second kappa shape index (κ2) is 8.98. The number of ether oxygens (including phenoxy) is 2. The minimum absolute atomic E-state index is 0.0893. The molecular weight excluding hydrogens is 408 g/mol. The van der Waals surface area contributed by atoms with Crippen molar-refractivity contribution < 1.29 is 29.3 Å². The summed E-state index contributed by atoms with van der Waals surface area (Å²) in [6.45, 7) is 1.23. The number of aldehydes is 1. The lowest BCUT2D eigenvalue weighted by Crippen LogP contribution is -2.37. The van der Waals surface area contributed by atoms with Crippen molar-refractivity contribution in [2.45, 2.75) is 18.9 Å². The molecule has 0 bridgehead atoms. The normalized spacial score (nSPS) is 12.6. The number of aliphatic hydroxyl groups is 1. The van der Waals surface area contributed by atoms with Gasteiger partial charge in [0.2, 0.25) is 0 Å². The van der Waals surface area contributed by atoms with Gasteiger partial charge in [0, 0.05) is 11.4 Å². The standard InChI is InChI=1S/C23H19ClO6/c1-23(28,22(26)27)13-15-3-2-4-19(11-15)30-21-10-9-20(12-16(21)14-25)29-18-7-5-17(24)6-8-18/h2-12,14,28H,13H2,1H3,(H,26,27)/t23-/m1/s1. The molecule has 3 aromatic rings. The van der Waals surface area contributed by atoms with Crippen molar-refractivity contribution in [1.82, 2.24) is 0 Å². The summed E-state index contributed by atoms with van der Waals surface area (Å²) in [7, 11) is 0. The molecule has 0 fully saturated rings. The average Bonchev–Trinajstić information content (AvgIpc) is 2.70. The first-order valence-electron chi connectivity index (χ1n) is 9.02. The van der Waals surface area contributed by atoms with E-state index in [0.717, 1.165) is 0 Å². The average molecular weight is 427 g/mol. The van der Waals surface area contributed by atoms with Crippen LogP contribution in [0.2, 0.25) is 5.02 Å². The third kappa shape index (κ3) is 5.37. The zero-order valence-corrected chi connectivity index (χ0v) is 16.8. The number of aliphatic carboxylic acids is 1. The Morgan fingerprint density at radius 3 is 2.33 bits per heavy atom. The first-order chi connectivity index (χ1) is 14.3. The summed E-state index contributed by atoms with van der Waals surface area (Å²) < 4.78 is 11.5. The van der Waals surface area contributed by atoms with Gasteiger partial charge in [0.05, 0.1) is 5.56 Å². The lowest BCUT2D eigenvalue weighted by atomic mass is 9.97. The lowest BCUT2D eigenvalue weighted by molar-refractivity contribution is -0.156. The quantitative estimate of drug-likeness (QED) is 0.486. The molecule has 154 valence electrons. The predicted molar refractivity (Wildman–Crippen MR) is 112 cm³/mol. The third-order valence-electron chi connectivity index (χ3n) is 4.29. The molecule has 0 aliphatic heterocycles. The number of carbonyl (C=O) groups is 2. The van der Waals surface area contributed by atoms with Crippen LogP contribution in [0.1, 0.15) is 22.8 Å². The maximum Gasteiger partial charge on any atom is 0.335 e. The third-order valence-corrected chi connectivity index (χ3v) is 4.54. The summed E-state index contributed by atoms with van der Waals surface area (Å²) in [5.41, 5.74) is -1.03. The summed E-state index contributed by atoms with van der Waals surface area (Å²) >= 11 is 5.86. The number of carboxylic acids is 1. The Hall–Kier alpha value is -3.35. The first kappa shape index (κ1) is 21.4. The number of carboxylic acid groups (broad SMARTS) is 1. The molecule has 0 saturated carbocycles. The summed E-state index contributed by atoms with van der Waals surface area (Å²) in [5, 5.41) is 19.6. The van der Waals surface area contributed by atoms with Crippen LogP contribution in [-0.2, 0) is 11.2 Å². The van der Waals surface area contributed by atoms with Gasteiger partial charge in [-0.15, -0.1) is 0 Å². The Labute approximate surface area is 178 Å². The fourth-order valence-corrected chi connectivity index (χ4v) is 2.86. The van der Waals surface area contributed by atoms with Crippen LogP contribution < -0.4 is 9.47 Å². The van der Waals surface area contributed by atoms with E-state index >= 15 is 0 Å². The van der Waals surface area contributed by atoms with Crippen LogP contribution in [0.5, 0.6) is 23.0 Å². The van der Waals surface area contributed by atoms with Gasteiger partial charge in [0.25, 0.3) is 0 Å². The van der Waals surface area contributed by atoms with Crippen LogP contribution in [0.25, 0.3) is 0 Å². The predicted octanol–water partition coefficient (Wildman–Crippen LogP) is 5.12. The van der Waals surface area contributed by atoms with Crippen molar-refractivity contribution in [3.63, 3.8) is 0 Å². The van der Waals surface area contributed by atoms with E-state index in [9.17, 15) is 14.7 Å². The molecule has 0 heterocycles. The molecule has 0 saturated heterocycles. The van der Waals surface area contributed by atoms with Crippen molar-refractivity contribution in [2.75, 3.05) is 0 Å². The molecule has 0 aliphatic rings. The molecule has 1 atom stereocenters. The highest BCUT2D eigenvalue weighted by Gasteiger charge is 2.30. The molecule has 30 heavy (non-hydrogen) atoms. The zero-order chi connectivity index (χ0) is 21.7. The number of rotatable bonds is 8. The molecule has 0 radical (unpaired) electrons. The van der Waals surface area contributed by atoms with Gasteiger partial charge < -0.3 is 19.7 Å². The molecular formula is C23H19ClO6. The van der Waals surface area contributed by atoms with Crippen molar-refractivity contribution in [3.05, 3.63) is 82.9 Å². The molecule has 3 rings (SSSR count). The van der Waals surface area contributed by atoms with Crippen LogP contribution >= 0.6 is 11.6 Å². The van der Waals surface area contributed by atoms with Gasteiger partial charge in [0.1, 0.15) is 23.0 Å². The highest BCUT2D eigenvalue weighted by Crippen LogP contribution is 2.31. The van der Waals surface area contributed by atoms with E-state index in [1.165, 1.54) is 6.92 Å². The van der Waals surface area contributed by atoms with Gasteiger partial charge in [0.15, 0.2) is 11.9 Å². The van der Waals surface area contributed by atoms with Crippen molar-refractivity contribution in [2.24, 2.45) is 0 Å². The van der Waals surface area contributed by atoms with E-state index in [0.29, 0.717) is 39.9 Å². The monoisotopic (exact) mass is 426 g/mol. The highest BCUT2D eigenvalue weighted by atomic mass is 35.5. The number of hydrogen-bond donors (Lipinski definition) is 2. The summed E-state index contributed by atoms with van der Waals surface area (Å²) in [4.78, 5) is 22.7. The second-order valence-corrected chi connectivity index (χ2v) is 7.32. The fourth-order valence-electron chi connectivity index (χ4n) is 2.73. The van der Waals surface area contributed by atoms with E-state index in [2.05, 4.69) is 0 Å². The maximum atomic E-state index is 11.5. The second-order valence-electron chi connectivity index (χ2n) is 6.88. The van der Waals surface area contributed by atoms with Gasteiger partial charge in [-0.2, -0.15) is 0 Å². The minimum Gasteiger partial charge on any atom is -0.479 e. The SMILES string of the molecule is C[C@@](O)(Cc1cccc(Oc2ccc(Oc3ccc(Cl)cc3)cc2C=O)c1)C(=O)O. The fraction of sp³-hybridized carbons (Fsp3) is 0.130. The zero-order valence-electron chi connectivity index (χ0n) is 16.0. The van der Waals surface area contributed by atoms with Crippen LogP contribution in [0.4, 0.5) is 0 Å². The highest BCUT2D eigenvalue weighted by molar-refractivity contribution is 6.30. The van der Waals surface area contributed by atoms with E-state index in [-0.39, 0.29) is 12.0 Å². The molecule has 0 aliphatic carbocycles. The van der Waals surface area contributed by atoms with Gasteiger partial charge in [-0.25, -0.2) is 4.79 Å². The van der Waals surface area contributed by atoms with E-state index in [1.807, 2.05) is 0 Å². The summed E-state index contributed by atoms with van der Waals surface area (Å²) in [5.74, 6) is 0.438. The van der Waals surface area contributed by atoms with Gasteiger partial charge in [-0.1, -0.05) is 23.7 Å². The molecule has 0 unspecified atom stereocenters. The smallest absolute Gasteiger partial charge is 0.335 e. The van der Waals surface area contributed by atoms with Gasteiger partial charge >= 0.3 is 5.97 Å². The van der Waals surface area contributed by atoms with E-state index in [1.54, 1.807) is 66.7 Å². The van der Waals surface area contributed by atoms with Crippen molar-refractivity contribution in [1.29, 1.82) is 0 Å². The van der Waals surface area contributed by atoms with E-state index in [4.69, 9.17) is 26.2 Å². The number of carbonyl (C=O) groups excluding carboxylic acids is 1. The Kier molecular flexibility index (Phi) is 6.40. The van der Waals surface area contributed by atoms with Crippen LogP contribution in [0.3, 0.4) is 0 Å². The van der Waals surface area contributed by atoms with Crippen LogP contribution in [0.15, 0.2) is 66.7 Å². The summed E-state index contributed by atoms with van der Waals surface area (Å²) in [6.07, 6.45) is 0.567. The molecule has 6 nitrogen and oxygen atoms in total. The topological polar surface area (TPSA) is 93.1 Å². The van der Waals surface area contributed by atoms with Crippen molar-refractivity contribution >= 4 is 23.9 Å². The number of benzene rings is 3. The molecule has 7 heteroatoms. The number of hydrogen-bond acceptors (Lipinski definition) is 5. The number of halogens is 1. The lowest BCUT2D eigenvalue weighted by Gasteiger charge is -2.18. The Bertz CT molecular complexity index is 1060. The molecule has 2 N–H and O–H groups in total. The maximum absolute atomic E-state index is 11.5. The molecule has 0 amide bonds. The van der Waals surface area contributed by atoms with Crippen LogP contribution in [-0.4, -0.2) is 28.1 Å². The Morgan fingerprint density at radius 1 is 1.00 bits per heavy atom. The Morgan fingerprint density at radius 2 is 1.67 bits per heavy atom. The van der Waals surface area contributed by atoms with E-state index < -0.39 is 11.6 Å².